The molecule has 0 aliphatic rings. The average Bonchev–Trinajstić information content (AvgIpc) is 2.84. The molecule has 0 bridgehead atoms. The minimum Gasteiger partial charge on any atom is -0.508 e. The molecule has 1 heterocycles. The molecular weight excluding hydrogens is 294 g/mol. The molecule has 1 aromatic carbocycles. The van der Waals surface area contributed by atoms with E-state index in [1.165, 1.54) is 0 Å². The van der Waals surface area contributed by atoms with Crippen LogP contribution in [-0.4, -0.2) is 22.7 Å². The molecule has 1 amide bonds. The number of nitrogens with one attached hydrogen (secondary N) is 1. The predicted octanol–water partition coefficient (Wildman–Crippen LogP) is 2.56. The molecule has 5 heteroatoms. The normalized spacial score (nSPS) is 13.6. The molecule has 1 unspecified atom stereocenters. The van der Waals surface area contributed by atoms with Gasteiger partial charge in [0.1, 0.15) is 22.9 Å². The number of carbonyl (C=O) groups excluding carboxylic acids is 1. The van der Waals surface area contributed by atoms with Crippen LogP contribution in [0, 0.1) is 13.8 Å². The van der Waals surface area contributed by atoms with E-state index in [-0.39, 0.29) is 24.6 Å². The molecule has 0 aliphatic carbocycles. The first kappa shape index (κ1) is 17.1. The van der Waals surface area contributed by atoms with Crippen molar-refractivity contribution in [2.24, 2.45) is 0 Å². The molecule has 5 nitrogen and oxygen atoms in total. The second-order valence-electron chi connectivity index (χ2n) is 6.01. The van der Waals surface area contributed by atoms with Crippen LogP contribution in [0.1, 0.15) is 36.0 Å². The molecule has 124 valence electrons. The van der Waals surface area contributed by atoms with Gasteiger partial charge in [-0.3, -0.25) is 4.79 Å². The van der Waals surface area contributed by atoms with Crippen molar-refractivity contribution >= 4 is 5.91 Å². The number of rotatable bonds is 6. The molecule has 0 spiro atoms. The van der Waals surface area contributed by atoms with E-state index in [9.17, 15) is 15.0 Å². The number of furan rings is 1. The number of aromatic hydroxyl groups is 1. The monoisotopic (exact) mass is 317 g/mol. The number of phenolic OH excluding ortho intramolecular Hbond substituents is 1. The first-order chi connectivity index (χ1) is 10.8. The molecule has 0 saturated heterocycles. The summed E-state index contributed by atoms with van der Waals surface area (Å²) in [6.45, 7) is 5.36. The van der Waals surface area contributed by atoms with E-state index in [1.54, 1.807) is 38.1 Å². The summed E-state index contributed by atoms with van der Waals surface area (Å²) in [5, 5.41) is 23.0. The second kappa shape index (κ2) is 6.87. The summed E-state index contributed by atoms with van der Waals surface area (Å²) in [5.74, 6) is 1.39. The van der Waals surface area contributed by atoms with E-state index in [1.807, 2.05) is 13.0 Å². The molecule has 2 aromatic rings. The van der Waals surface area contributed by atoms with Crippen molar-refractivity contribution < 1.29 is 19.4 Å². The highest BCUT2D eigenvalue weighted by molar-refractivity contribution is 5.76. The van der Waals surface area contributed by atoms with Crippen LogP contribution in [0.3, 0.4) is 0 Å². The Hall–Kier alpha value is -2.27. The maximum Gasteiger partial charge on any atom is 0.220 e. The van der Waals surface area contributed by atoms with Crippen molar-refractivity contribution in [3.63, 3.8) is 0 Å². The van der Waals surface area contributed by atoms with Crippen LogP contribution in [-0.2, 0) is 16.8 Å². The van der Waals surface area contributed by atoms with Crippen LogP contribution in [0.15, 0.2) is 34.7 Å². The Bertz CT molecular complexity index is 688. The van der Waals surface area contributed by atoms with Crippen LogP contribution >= 0.6 is 0 Å². The average molecular weight is 317 g/mol. The van der Waals surface area contributed by atoms with Crippen molar-refractivity contribution in [2.45, 2.75) is 39.2 Å². The summed E-state index contributed by atoms with van der Waals surface area (Å²) < 4.78 is 5.43. The third-order valence-corrected chi connectivity index (χ3v) is 3.86. The Morgan fingerprint density at radius 2 is 2.00 bits per heavy atom. The first-order valence-electron chi connectivity index (χ1n) is 7.63. The van der Waals surface area contributed by atoms with Gasteiger partial charge >= 0.3 is 0 Å². The Balaban J connectivity index is 1.89. The van der Waals surface area contributed by atoms with Gasteiger partial charge < -0.3 is 19.9 Å². The zero-order valence-corrected chi connectivity index (χ0v) is 13.7. The molecular formula is C18H23NO4. The van der Waals surface area contributed by atoms with E-state index in [0.29, 0.717) is 17.7 Å². The molecule has 0 radical (unpaired) electrons. The zero-order valence-electron chi connectivity index (χ0n) is 13.7. The van der Waals surface area contributed by atoms with Crippen molar-refractivity contribution in [1.82, 2.24) is 5.32 Å². The molecule has 2 rings (SSSR count). The standard InChI is InChI=1S/C18H23NO4/c1-12-10-15(13(2)23-12)18(3,22)11-19-17(21)9-8-14-6-4-5-7-16(14)20/h4-7,10,20,22H,8-9,11H2,1-3H3,(H,19,21). The molecule has 0 aliphatic heterocycles. The van der Waals surface area contributed by atoms with Crippen molar-refractivity contribution in [3.05, 3.63) is 53.0 Å². The lowest BCUT2D eigenvalue weighted by Gasteiger charge is -2.23. The number of benzene rings is 1. The van der Waals surface area contributed by atoms with Crippen LogP contribution < -0.4 is 5.32 Å². The number of hydrogen-bond acceptors (Lipinski definition) is 4. The van der Waals surface area contributed by atoms with E-state index in [4.69, 9.17) is 4.42 Å². The van der Waals surface area contributed by atoms with Crippen molar-refractivity contribution in [3.8, 4) is 5.75 Å². The Morgan fingerprint density at radius 3 is 2.61 bits per heavy atom. The van der Waals surface area contributed by atoms with Gasteiger partial charge in [-0.15, -0.1) is 0 Å². The van der Waals surface area contributed by atoms with Gasteiger partial charge in [0.2, 0.25) is 5.91 Å². The van der Waals surface area contributed by atoms with Crippen LogP contribution in [0.2, 0.25) is 0 Å². The van der Waals surface area contributed by atoms with Gasteiger partial charge in [-0.05, 0) is 44.9 Å². The number of carbonyl (C=O) groups is 1. The lowest BCUT2D eigenvalue weighted by molar-refractivity contribution is -0.122. The fourth-order valence-electron chi connectivity index (χ4n) is 2.59. The highest BCUT2D eigenvalue weighted by Gasteiger charge is 2.28. The zero-order chi connectivity index (χ0) is 17.0. The molecule has 3 N–H and O–H groups in total. The SMILES string of the molecule is Cc1cc(C(C)(O)CNC(=O)CCc2ccccc2O)c(C)o1. The lowest BCUT2D eigenvalue weighted by Crippen LogP contribution is -2.38. The Labute approximate surface area is 136 Å². The van der Waals surface area contributed by atoms with Crippen LogP contribution in [0.4, 0.5) is 0 Å². The highest BCUT2D eigenvalue weighted by Crippen LogP contribution is 2.26. The number of amides is 1. The largest absolute Gasteiger partial charge is 0.508 e. The van der Waals surface area contributed by atoms with Gasteiger partial charge in [0.05, 0.1) is 6.54 Å². The smallest absolute Gasteiger partial charge is 0.220 e. The van der Waals surface area contributed by atoms with E-state index in [2.05, 4.69) is 5.32 Å². The maximum atomic E-state index is 12.0. The van der Waals surface area contributed by atoms with E-state index in [0.717, 1.165) is 11.3 Å². The van der Waals surface area contributed by atoms with Gasteiger partial charge in [0.25, 0.3) is 0 Å². The van der Waals surface area contributed by atoms with Gasteiger partial charge in [-0.2, -0.15) is 0 Å². The summed E-state index contributed by atoms with van der Waals surface area (Å²) in [6.07, 6.45) is 0.696. The second-order valence-corrected chi connectivity index (χ2v) is 6.01. The van der Waals surface area contributed by atoms with Crippen LogP contribution in [0.25, 0.3) is 0 Å². The minimum absolute atomic E-state index is 0.104. The van der Waals surface area contributed by atoms with Crippen LogP contribution in [0.5, 0.6) is 5.75 Å². The molecule has 1 atom stereocenters. The summed E-state index contributed by atoms with van der Waals surface area (Å²) in [5.41, 5.74) is 0.221. The number of aryl methyl sites for hydroxylation is 3. The third kappa shape index (κ3) is 4.36. The Kier molecular flexibility index (Phi) is 5.11. The fraction of sp³-hybridized carbons (Fsp3) is 0.389. The van der Waals surface area contributed by atoms with E-state index >= 15 is 0 Å². The summed E-state index contributed by atoms with van der Waals surface area (Å²) >= 11 is 0. The van der Waals surface area contributed by atoms with Gasteiger partial charge in [0, 0.05) is 12.0 Å². The van der Waals surface area contributed by atoms with E-state index < -0.39 is 5.60 Å². The van der Waals surface area contributed by atoms with Gasteiger partial charge in [-0.25, -0.2) is 0 Å². The minimum atomic E-state index is -1.19. The maximum absolute atomic E-state index is 12.0. The predicted molar refractivity (Wildman–Crippen MR) is 87.2 cm³/mol. The summed E-state index contributed by atoms with van der Waals surface area (Å²) in [6, 6.07) is 8.73. The first-order valence-corrected chi connectivity index (χ1v) is 7.63. The van der Waals surface area contributed by atoms with Crippen molar-refractivity contribution in [1.29, 1.82) is 0 Å². The van der Waals surface area contributed by atoms with Gasteiger partial charge in [0.15, 0.2) is 0 Å². The third-order valence-electron chi connectivity index (χ3n) is 3.86. The fourth-order valence-corrected chi connectivity index (χ4v) is 2.59. The summed E-state index contributed by atoms with van der Waals surface area (Å²) in [4.78, 5) is 12.0. The number of phenols is 1. The lowest BCUT2D eigenvalue weighted by atomic mass is 9.96. The molecule has 1 aromatic heterocycles. The number of hydrogen-bond donors (Lipinski definition) is 3. The number of aliphatic hydroxyl groups is 1. The molecule has 0 fully saturated rings. The highest BCUT2D eigenvalue weighted by atomic mass is 16.3. The molecule has 0 saturated carbocycles. The molecule has 23 heavy (non-hydrogen) atoms. The summed E-state index contributed by atoms with van der Waals surface area (Å²) in [7, 11) is 0. The van der Waals surface area contributed by atoms with Gasteiger partial charge in [-0.1, -0.05) is 18.2 Å². The topological polar surface area (TPSA) is 82.7 Å². The Morgan fingerprint density at radius 1 is 1.30 bits per heavy atom. The quantitative estimate of drug-likeness (QED) is 0.764. The number of para-hydroxylation sites is 1. The van der Waals surface area contributed by atoms with Crippen molar-refractivity contribution in [2.75, 3.05) is 6.54 Å².